The highest BCUT2D eigenvalue weighted by atomic mass is 32.2. The van der Waals surface area contributed by atoms with E-state index in [0.717, 1.165) is 60.8 Å². The van der Waals surface area contributed by atoms with Gasteiger partial charge in [-0.15, -0.1) is 11.3 Å². The number of benzene rings is 3. The second kappa shape index (κ2) is 18.0. The number of hydrogen-bond acceptors (Lipinski definition) is 9. The quantitative estimate of drug-likeness (QED) is 0.125. The number of methoxy groups -OCH3 is 1. The van der Waals surface area contributed by atoms with Crippen LogP contribution in [0.25, 0.3) is 33.2 Å². The molecule has 56 heavy (non-hydrogen) atoms. The standard InChI is InChI=1S/C37H37NO5S.C7H9NO3S/c1-40-21-22-42-37(39)38(43-36-11-4-5-20-41-36)29-9-6-8-27(24-29)34-18-19-35(44-34)28-14-15-31-26(23-28)13-17-32-30-10-3-2-7-25(30)12-16-33(31)32;8-7(9)5-6-3-1-2-4-12(6,10)11/h2-3,6-10,13,17-19,23-24,36H,4-5,11-12,14-16,20-22H2,1H3;1-4,6H,5H2,(H2,8,9). The number of thiophene rings is 1. The average molecular weight is 795 g/mol. The predicted molar refractivity (Wildman–Crippen MR) is 220 cm³/mol. The lowest BCUT2D eigenvalue weighted by atomic mass is 9.78. The number of sulfone groups is 1. The highest BCUT2D eigenvalue weighted by molar-refractivity contribution is 7.95. The van der Waals surface area contributed by atoms with Crippen molar-refractivity contribution in [3.05, 3.63) is 124 Å². The second-order valence-corrected chi connectivity index (χ2v) is 17.2. The van der Waals surface area contributed by atoms with E-state index in [9.17, 15) is 18.0 Å². The first-order valence-corrected chi connectivity index (χ1v) is 21.4. The van der Waals surface area contributed by atoms with Crippen LogP contribution in [0.5, 0.6) is 0 Å². The van der Waals surface area contributed by atoms with Crippen LogP contribution in [0.1, 0.15) is 59.2 Å². The van der Waals surface area contributed by atoms with Crippen molar-refractivity contribution in [2.45, 2.75) is 62.9 Å². The van der Waals surface area contributed by atoms with Crippen LogP contribution in [0.4, 0.5) is 10.5 Å². The van der Waals surface area contributed by atoms with Gasteiger partial charge in [-0.25, -0.2) is 18.0 Å². The Bertz CT molecular complexity index is 2270. The van der Waals surface area contributed by atoms with Crippen molar-refractivity contribution in [3.63, 3.8) is 0 Å². The Hall–Kier alpha value is -4.85. The lowest BCUT2D eigenvalue weighted by Crippen LogP contribution is -2.38. The molecule has 0 bridgehead atoms. The maximum absolute atomic E-state index is 13.1. The summed E-state index contributed by atoms with van der Waals surface area (Å²) in [6.45, 7) is 1.07. The smallest absolute Gasteiger partial charge is 0.438 e. The van der Waals surface area contributed by atoms with Gasteiger partial charge in [0.15, 0.2) is 16.1 Å². The molecule has 2 aliphatic heterocycles. The number of amides is 2. The van der Waals surface area contributed by atoms with Gasteiger partial charge in [0.1, 0.15) is 6.61 Å². The van der Waals surface area contributed by atoms with Crippen molar-refractivity contribution in [1.82, 2.24) is 0 Å². The number of hydrogen-bond donors (Lipinski definition) is 1. The number of nitrogens with zero attached hydrogens (tertiary/aromatic N) is 1. The van der Waals surface area contributed by atoms with Gasteiger partial charge >= 0.3 is 6.09 Å². The van der Waals surface area contributed by atoms with E-state index >= 15 is 0 Å². The largest absolute Gasteiger partial charge is 0.445 e. The summed E-state index contributed by atoms with van der Waals surface area (Å²) in [5, 5.41) is 1.53. The van der Waals surface area contributed by atoms with E-state index in [2.05, 4.69) is 60.7 Å². The van der Waals surface area contributed by atoms with Crippen molar-refractivity contribution in [2.24, 2.45) is 5.73 Å². The molecule has 1 fully saturated rings. The van der Waals surface area contributed by atoms with Gasteiger partial charge in [-0.1, -0.05) is 72.8 Å². The molecule has 0 saturated carbocycles. The molecule has 12 heteroatoms. The zero-order valence-corrected chi connectivity index (χ0v) is 33.0. The predicted octanol–water partition coefficient (Wildman–Crippen LogP) is 8.44. The van der Waals surface area contributed by atoms with E-state index in [1.165, 1.54) is 61.0 Å². The van der Waals surface area contributed by atoms with Gasteiger partial charge in [0, 0.05) is 41.7 Å². The second-order valence-electron chi connectivity index (χ2n) is 14.0. The molecule has 2 unspecified atom stereocenters. The van der Waals surface area contributed by atoms with E-state index in [0.29, 0.717) is 18.9 Å². The van der Waals surface area contributed by atoms with Crippen molar-refractivity contribution < 1.29 is 37.1 Å². The van der Waals surface area contributed by atoms with Gasteiger partial charge < -0.3 is 19.9 Å². The van der Waals surface area contributed by atoms with E-state index in [4.69, 9.17) is 24.8 Å². The van der Waals surface area contributed by atoms with Crippen LogP contribution in [0.3, 0.4) is 0 Å². The molecule has 4 aliphatic rings. The maximum atomic E-state index is 13.1. The fraction of sp³-hybridized carbons (Fsp3) is 0.318. The topological polar surface area (TPSA) is 134 Å². The summed E-state index contributed by atoms with van der Waals surface area (Å²) in [5.41, 5.74) is 16.6. The van der Waals surface area contributed by atoms with Crippen LogP contribution in [-0.4, -0.2) is 58.9 Å². The SMILES string of the molecule is COCCOC(=O)N(OC1CCCCO1)c1cccc(-c2ccc(C3=Cc4ccc5c(c4CC3)CCc3ccccc3-5)s2)c1.NC(=O)CC1C=CC=CS1(=O)=O. The Morgan fingerprint density at radius 2 is 1.73 bits per heavy atom. The van der Waals surface area contributed by atoms with E-state index in [1.807, 2.05) is 18.2 Å². The molecule has 10 nitrogen and oxygen atoms in total. The summed E-state index contributed by atoms with van der Waals surface area (Å²) in [6, 6.07) is 25.7. The highest BCUT2D eigenvalue weighted by Crippen LogP contribution is 2.42. The Balaban J connectivity index is 0.000000344. The number of primary amides is 1. The molecule has 2 N–H and O–H groups in total. The van der Waals surface area contributed by atoms with Gasteiger partial charge in [-0.3, -0.25) is 4.79 Å². The zero-order valence-electron chi connectivity index (χ0n) is 31.4. The van der Waals surface area contributed by atoms with Crippen LogP contribution in [0.15, 0.2) is 96.4 Å². The van der Waals surface area contributed by atoms with Gasteiger partial charge in [-0.05, 0) is 107 Å². The number of fused-ring (bicyclic) bond motifs is 5. The lowest BCUT2D eigenvalue weighted by Gasteiger charge is -2.29. The number of aryl methyl sites for hydroxylation is 1. The number of carbonyl (C=O) groups excluding carboxylic acids is 2. The third-order valence-electron chi connectivity index (χ3n) is 10.3. The Morgan fingerprint density at radius 3 is 2.54 bits per heavy atom. The Labute approximate surface area is 332 Å². The number of rotatable bonds is 10. The van der Waals surface area contributed by atoms with Gasteiger partial charge in [-0.2, -0.15) is 5.06 Å². The minimum atomic E-state index is -3.29. The summed E-state index contributed by atoms with van der Waals surface area (Å²) in [5.74, 6) is -0.608. The summed E-state index contributed by atoms with van der Waals surface area (Å²) in [4.78, 5) is 32.0. The van der Waals surface area contributed by atoms with Crippen LogP contribution in [0, 0.1) is 0 Å². The molecule has 3 heterocycles. The number of carbonyl (C=O) groups is 2. The number of ether oxygens (including phenoxy) is 3. The molecule has 2 amide bonds. The van der Waals surface area contributed by atoms with Crippen molar-refractivity contribution in [2.75, 3.05) is 32.0 Å². The fourth-order valence-electron chi connectivity index (χ4n) is 7.43. The Kier molecular flexibility index (Phi) is 12.6. The molecular formula is C44H46N2O8S2. The molecule has 8 rings (SSSR count). The highest BCUT2D eigenvalue weighted by Gasteiger charge is 2.27. The molecule has 2 atom stereocenters. The lowest BCUT2D eigenvalue weighted by molar-refractivity contribution is -0.166. The molecule has 1 saturated heterocycles. The zero-order chi connectivity index (χ0) is 39.1. The van der Waals surface area contributed by atoms with Gasteiger partial charge in [0.2, 0.25) is 5.91 Å². The minimum Gasteiger partial charge on any atom is -0.445 e. The van der Waals surface area contributed by atoms with E-state index < -0.39 is 33.4 Å². The van der Waals surface area contributed by atoms with Crippen LogP contribution < -0.4 is 10.8 Å². The molecule has 4 aromatic rings. The molecule has 292 valence electrons. The summed E-state index contributed by atoms with van der Waals surface area (Å²) in [7, 11) is -1.71. The Morgan fingerprint density at radius 1 is 0.893 bits per heavy atom. The minimum absolute atomic E-state index is 0.142. The number of allylic oxidation sites excluding steroid dienone is 3. The molecule has 3 aromatic carbocycles. The summed E-state index contributed by atoms with van der Waals surface area (Å²) in [6.07, 6.45) is 12.7. The van der Waals surface area contributed by atoms with Gasteiger partial charge in [0.05, 0.1) is 17.5 Å². The van der Waals surface area contributed by atoms with E-state index in [-0.39, 0.29) is 13.0 Å². The van der Waals surface area contributed by atoms with E-state index in [1.54, 1.807) is 24.5 Å². The van der Waals surface area contributed by atoms with Crippen molar-refractivity contribution >= 4 is 50.5 Å². The fourth-order valence-corrected chi connectivity index (χ4v) is 9.70. The van der Waals surface area contributed by atoms with Crippen molar-refractivity contribution in [3.8, 4) is 21.6 Å². The maximum Gasteiger partial charge on any atom is 0.438 e. The van der Waals surface area contributed by atoms with Gasteiger partial charge in [0.25, 0.3) is 0 Å². The molecule has 1 aromatic heterocycles. The normalized spacial score (nSPS) is 19.0. The van der Waals surface area contributed by atoms with Crippen LogP contribution in [-0.2, 0) is 52.9 Å². The summed E-state index contributed by atoms with van der Waals surface area (Å²) >= 11 is 1.78. The molecule has 0 spiro atoms. The number of anilines is 1. The van der Waals surface area contributed by atoms with Crippen LogP contribution >= 0.6 is 11.3 Å². The summed E-state index contributed by atoms with van der Waals surface area (Å²) < 4.78 is 38.6. The molecule has 0 radical (unpaired) electrons. The van der Waals surface area contributed by atoms with Crippen LogP contribution in [0.2, 0.25) is 0 Å². The molecule has 2 aliphatic carbocycles. The monoisotopic (exact) mass is 794 g/mol. The first kappa shape index (κ1) is 39.4. The first-order chi connectivity index (χ1) is 27.2. The first-order valence-electron chi connectivity index (χ1n) is 19.0. The average Bonchev–Trinajstić information content (AvgIpc) is 3.72. The third-order valence-corrected chi connectivity index (χ3v) is 13.2. The number of hydroxylamine groups is 1. The number of nitrogens with two attached hydrogens (primary N) is 1. The molecular weight excluding hydrogens is 749 g/mol. The van der Waals surface area contributed by atoms with Crippen molar-refractivity contribution in [1.29, 1.82) is 0 Å². The third kappa shape index (κ3) is 9.22.